The van der Waals surface area contributed by atoms with E-state index in [1.54, 1.807) is 24.1 Å². The molecule has 5 heteroatoms. The average molecular weight is 332 g/mol. The van der Waals surface area contributed by atoms with Crippen LogP contribution in [0.2, 0.25) is 0 Å². The Morgan fingerprint density at radius 2 is 2.25 bits per heavy atom. The van der Waals surface area contributed by atoms with Crippen LogP contribution in [0, 0.1) is 18.3 Å². The van der Waals surface area contributed by atoms with Crippen molar-refractivity contribution >= 4 is 27.6 Å². The summed E-state index contributed by atoms with van der Waals surface area (Å²) in [6.07, 6.45) is 3.51. The molecular weight excluding hydrogens is 318 g/mol. The van der Waals surface area contributed by atoms with Crippen molar-refractivity contribution in [1.29, 1.82) is 5.26 Å². The van der Waals surface area contributed by atoms with Gasteiger partial charge in [0.25, 0.3) is 0 Å². The third-order valence-electron chi connectivity index (χ3n) is 3.06. The van der Waals surface area contributed by atoms with Crippen LogP contribution in [-0.4, -0.2) is 16.9 Å². The van der Waals surface area contributed by atoms with E-state index in [2.05, 4.69) is 27.1 Å². The maximum atomic E-state index is 9.39. The molecule has 20 heavy (non-hydrogen) atoms. The quantitative estimate of drug-likeness (QED) is 0.808. The van der Waals surface area contributed by atoms with Gasteiger partial charge in [0.05, 0.1) is 35.1 Å². The minimum atomic E-state index is 0.563. The van der Waals surface area contributed by atoms with E-state index in [1.165, 1.54) is 0 Å². The molecule has 0 unspecified atom stereocenters. The lowest BCUT2D eigenvalue weighted by Crippen LogP contribution is -1.94. The van der Waals surface area contributed by atoms with Gasteiger partial charge in [-0.05, 0) is 46.1 Å². The maximum absolute atomic E-state index is 9.39. The van der Waals surface area contributed by atoms with Crippen molar-refractivity contribution in [3.8, 4) is 11.8 Å². The van der Waals surface area contributed by atoms with E-state index in [-0.39, 0.29) is 0 Å². The number of benzene rings is 1. The van der Waals surface area contributed by atoms with Gasteiger partial charge in [-0.3, -0.25) is 4.68 Å². The first-order valence-electron chi connectivity index (χ1n) is 6.01. The fourth-order valence-corrected chi connectivity index (χ4v) is 2.35. The SMILES string of the molecule is COc1cc(/C(C#N)=C/c2c(Br)cnn2C)ccc1C. The van der Waals surface area contributed by atoms with E-state index < -0.39 is 0 Å². The van der Waals surface area contributed by atoms with Crippen LogP contribution < -0.4 is 4.74 Å². The highest BCUT2D eigenvalue weighted by Gasteiger charge is 2.09. The van der Waals surface area contributed by atoms with Gasteiger partial charge in [-0.1, -0.05) is 12.1 Å². The van der Waals surface area contributed by atoms with Gasteiger partial charge in [0, 0.05) is 7.05 Å². The number of hydrogen-bond acceptors (Lipinski definition) is 3. The van der Waals surface area contributed by atoms with Gasteiger partial charge in [0.2, 0.25) is 0 Å². The average Bonchev–Trinajstić information content (AvgIpc) is 2.76. The van der Waals surface area contributed by atoms with Crippen molar-refractivity contribution in [3.63, 3.8) is 0 Å². The Kier molecular flexibility index (Phi) is 4.26. The van der Waals surface area contributed by atoms with Crippen molar-refractivity contribution in [2.24, 2.45) is 7.05 Å². The molecule has 2 aromatic rings. The summed E-state index contributed by atoms with van der Waals surface area (Å²) in [5.74, 6) is 0.771. The van der Waals surface area contributed by atoms with E-state index in [0.29, 0.717) is 5.57 Å². The molecule has 0 radical (unpaired) electrons. The molecule has 0 N–H and O–H groups in total. The zero-order chi connectivity index (χ0) is 14.7. The third kappa shape index (κ3) is 2.75. The fourth-order valence-electron chi connectivity index (χ4n) is 1.89. The topological polar surface area (TPSA) is 50.8 Å². The number of allylic oxidation sites excluding steroid dienone is 1. The van der Waals surface area contributed by atoms with E-state index >= 15 is 0 Å². The summed E-state index contributed by atoms with van der Waals surface area (Å²) in [6.45, 7) is 1.97. The smallest absolute Gasteiger partial charge is 0.122 e. The Labute approximate surface area is 126 Å². The van der Waals surface area contributed by atoms with Crippen LogP contribution in [-0.2, 0) is 7.05 Å². The first kappa shape index (κ1) is 14.4. The Bertz CT molecular complexity index is 691. The first-order valence-corrected chi connectivity index (χ1v) is 6.80. The van der Waals surface area contributed by atoms with Crippen molar-refractivity contribution in [3.05, 3.63) is 45.7 Å². The third-order valence-corrected chi connectivity index (χ3v) is 3.67. The molecule has 0 amide bonds. The zero-order valence-electron chi connectivity index (χ0n) is 11.5. The second kappa shape index (κ2) is 5.93. The van der Waals surface area contributed by atoms with Gasteiger partial charge < -0.3 is 4.74 Å². The molecule has 0 atom stereocenters. The summed E-state index contributed by atoms with van der Waals surface area (Å²) < 4.78 is 7.87. The van der Waals surface area contributed by atoms with Crippen LogP contribution in [0.3, 0.4) is 0 Å². The summed E-state index contributed by atoms with van der Waals surface area (Å²) in [4.78, 5) is 0. The van der Waals surface area contributed by atoms with Crippen molar-refractivity contribution in [2.75, 3.05) is 7.11 Å². The van der Waals surface area contributed by atoms with Crippen LogP contribution in [0.4, 0.5) is 0 Å². The van der Waals surface area contributed by atoms with Gasteiger partial charge in [-0.25, -0.2) is 0 Å². The molecule has 0 aliphatic heterocycles. The highest BCUT2D eigenvalue weighted by molar-refractivity contribution is 9.10. The van der Waals surface area contributed by atoms with E-state index in [4.69, 9.17) is 4.74 Å². The molecule has 1 aromatic heterocycles. The van der Waals surface area contributed by atoms with Gasteiger partial charge >= 0.3 is 0 Å². The Hall–Kier alpha value is -2.06. The van der Waals surface area contributed by atoms with Gasteiger partial charge in [0.1, 0.15) is 5.75 Å². The molecule has 1 aromatic carbocycles. The lowest BCUT2D eigenvalue weighted by Gasteiger charge is -2.07. The highest BCUT2D eigenvalue weighted by Crippen LogP contribution is 2.26. The fraction of sp³-hybridized carbons (Fsp3) is 0.200. The van der Waals surface area contributed by atoms with Crippen LogP contribution in [0.15, 0.2) is 28.9 Å². The summed E-state index contributed by atoms with van der Waals surface area (Å²) in [5, 5.41) is 13.5. The molecule has 0 spiro atoms. The molecule has 1 heterocycles. The molecule has 4 nitrogen and oxygen atoms in total. The summed E-state index contributed by atoms with van der Waals surface area (Å²) in [7, 11) is 3.46. The van der Waals surface area contributed by atoms with Crippen molar-refractivity contribution in [1.82, 2.24) is 9.78 Å². The highest BCUT2D eigenvalue weighted by atomic mass is 79.9. The molecule has 0 aliphatic carbocycles. The van der Waals surface area contributed by atoms with E-state index in [9.17, 15) is 5.26 Å². The molecule has 0 saturated carbocycles. The molecule has 0 fully saturated rings. The van der Waals surface area contributed by atoms with Crippen LogP contribution in [0.1, 0.15) is 16.8 Å². The van der Waals surface area contributed by atoms with E-state index in [0.717, 1.165) is 27.0 Å². The normalized spacial score (nSPS) is 11.2. The number of aromatic nitrogens is 2. The van der Waals surface area contributed by atoms with Crippen molar-refractivity contribution < 1.29 is 4.74 Å². The zero-order valence-corrected chi connectivity index (χ0v) is 13.1. The maximum Gasteiger partial charge on any atom is 0.122 e. The predicted molar refractivity (Wildman–Crippen MR) is 82.1 cm³/mol. The number of nitrogens with zero attached hydrogens (tertiary/aromatic N) is 3. The van der Waals surface area contributed by atoms with Crippen LogP contribution in [0.25, 0.3) is 11.6 Å². The Morgan fingerprint density at radius 3 is 2.80 bits per heavy atom. The lowest BCUT2D eigenvalue weighted by molar-refractivity contribution is 0.411. The number of halogens is 1. The molecule has 0 saturated heterocycles. The predicted octanol–water partition coefficient (Wildman–Crippen LogP) is 3.56. The number of rotatable bonds is 3. The van der Waals surface area contributed by atoms with Gasteiger partial charge in [-0.2, -0.15) is 10.4 Å². The van der Waals surface area contributed by atoms with E-state index in [1.807, 2.05) is 32.2 Å². The number of hydrogen-bond donors (Lipinski definition) is 0. The lowest BCUT2D eigenvalue weighted by atomic mass is 10.0. The second-order valence-corrected chi connectivity index (χ2v) is 5.21. The standard InChI is InChI=1S/C15H14BrN3O/c1-10-4-5-11(7-15(10)20-3)12(8-17)6-14-13(16)9-18-19(14)2/h4-7,9H,1-3H3/b12-6+. The number of aryl methyl sites for hydroxylation is 2. The molecule has 102 valence electrons. The largest absolute Gasteiger partial charge is 0.496 e. The van der Waals surface area contributed by atoms with Gasteiger partial charge in [0.15, 0.2) is 0 Å². The van der Waals surface area contributed by atoms with Gasteiger partial charge in [-0.15, -0.1) is 0 Å². The summed E-state index contributed by atoms with van der Waals surface area (Å²) in [5.41, 5.74) is 3.27. The van der Waals surface area contributed by atoms with Crippen LogP contribution >= 0.6 is 15.9 Å². The minimum absolute atomic E-state index is 0.563. The first-order chi connectivity index (χ1) is 9.56. The Balaban J connectivity index is 2.51. The second-order valence-electron chi connectivity index (χ2n) is 4.36. The summed E-state index contributed by atoms with van der Waals surface area (Å²) >= 11 is 3.43. The molecule has 0 bridgehead atoms. The monoisotopic (exact) mass is 331 g/mol. The number of nitriles is 1. The number of methoxy groups -OCH3 is 1. The summed E-state index contributed by atoms with van der Waals surface area (Å²) in [6, 6.07) is 7.95. The number of ether oxygens (including phenoxy) is 1. The molecular formula is C15H14BrN3O. The van der Waals surface area contributed by atoms with Crippen LogP contribution in [0.5, 0.6) is 5.75 Å². The molecule has 2 rings (SSSR count). The minimum Gasteiger partial charge on any atom is -0.496 e. The van der Waals surface area contributed by atoms with Crippen molar-refractivity contribution in [2.45, 2.75) is 6.92 Å². The Morgan fingerprint density at radius 1 is 1.50 bits per heavy atom. The molecule has 0 aliphatic rings.